The minimum Gasteiger partial charge on any atom is -0.414 e. The quantitative estimate of drug-likeness (QED) is 0.0754. The van der Waals surface area contributed by atoms with Gasteiger partial charge in [-0.1, -0.05) is 83.1 Å². The van der Waals surface area contributed by atoms with Crippen LogP contribution in [0.5, 0.6) is 0 Å². The van der Waals surface area contributed by atoms with Crippen LogP contribution in [0.2, 0.25) is 33.2 Å². The minimum absolute atomic E-state index is 0.585. The summed E-state index contributed by atoms with van der Waals surface area (Å²) in [6.45, 7) is 33.9. The van der Waals surface area contributed by atoms with Crippen LogP contribution in [0.1, 0.15) is 92.8 Å². The molecule has 266 valence electrons. The third kappa shape index (κ3) is 11.9. The molecule has 0 saturated carbocycles. The molecule has 10 heteroatoms. The zero-order chi connectivity index (χ0) is 34.3. The molecule has 2 heterocycles. The van der Waals surface area contributed by atoms with E-state index in [0.29, 0.717) is 99.3 Å². The highest BCUT2D eigenvalue weighted by Crippen LogP contribution is 2.43. The lowest BCUT2D eigenvalue weighted by molar-refractivity contribution is 0.0291. The Hall–Kier alpha value is -0.406. The van der Waals surface area contributed by atoms with E-state index in [2.05, 4.69) is 107 Å². The number of rotatable bonds is 25. The summed E-state index contributed by atoms with van der Waals surface area (Å²) >= 11 is 3.57. The summed E-state index contributed by atoms with van der Waals surface area (Å²) in [5, 5.41) is 0. The molecule has 0 atom stereocenters. The molecule has 0 bridgehead atoms. The third-order valence-corrected chi connectivity index (χ3v) is 23.9. The Labute approximate surface area is 292 Å². The Morgan fingerprint density at radius 1 is 0.413 bits per heavy atom. The van der Waals surface area contributed by atoms with Crippen LogP contribution in [-0.2, 0) is 41.0 Å². The van der Waals surface area contributed by atoms with Crippen molar-refractivity contribution in [3.05, 3.63) is 34.0 Å². The molecule has 0 saturated heterocycles. The Kier molecular flexibility index (Phi) is 19.0. The predicted octanol–water partition coefficient (Wildman–Crippen LogP) is 10.9. The number of ether oxygens (including phenoxy) is 4. The molecule has 2 aromatic rings. The number of hydrogen-bond acceptors (Lipinski definition) is 8. The molecule has 0 amide bonds. The Morgan fingerprint density at radius 3 is 1.00 bits per heavy atom. The second-order valence-electron chi connectivity index (χ2n) is 14.2. The van der Waals surface area contributed by atoms with E-state index in [1.165, 1.54) is 19.5 Å². The van der Waals surface area contributed by atoms with Crippen molar-refractivity contribution in [3.8, 4) is 9.75 Å². The van der Waals surface area contributed by atoms with Crippen LogP contribution in [-0.4, -0.2) is 69.5 Å². The van der Waals surface area contributed by atoms with E-state index in [9.17, 15) is 0 Å². The van der Waals surface area contributed by atoms with Crippen LogP contribution >= 0.6 is 22.7 Å². The fourth-order valence-corrected chi connectivity index (χ4v) is 20.4. The molecule has 0 N–H and O–H groups in total. The predicted molar refractivity (Wildman–Crippen MR) is 203 cm³/mol. The van der Waals surface area contributed by atoms with E-state index >= 15 is 0 Å². The second-order valence-corrected chi connectivity index (χ2v) is 27.5. The van der Waals surface area contributed by atoms with E-state index in [1.807, 2.05) is 0 Å². The zero-order valence-electron chi connectivity index (χ0n) is 31.1. The molecule has 2 aromatic heterocycles. The molecular weight excluding hydrogens is 649 g/mol. The largest absolute Gasteiger partial charge is 0.414 e. The Balaban J connectivity index is 1.61. The van der Waals surface area contributed by atoms with Crippen LogP contribution in [0.4, 0.5) is 0 Å². The molecule has 2 rings (SSSR count). The highest BCUT2D eigenvalue weighted by Gasteiger charge is 2.45. The van der Waals surface area contributed by atoms with Crippen LogP contribution in [0, 0.1) is 0 Å². The molecular formula is C36H66O6S2Si2. The van der Waals surface area contributed by atoms with Crippen molar-refractivity contribution < 1.29 is 27.8 Å². The van der Waals surface area contributed by atoms with Gasteiger partial charge >= 0.3 is 0 Å². The first-order chi connectivity index (χ1) is 21.8. The van der Waals surface area contributed by atoms with Crippen molar-refractivity contribution in [2.45, 2.75) is 130 Å². The van der Waals surface area contributed by atoms with E-state index in [-0.39, 0.29) is 0 Å². The number of hydrogen-bond donors (Lipinski definition) is 0. The summed E-state index contributed by atoms with van der Waals surface area (Å²) in [6, 6.07) is 8.70. The third-order valence-electron chi connectivity index (χ3n) is 9.37. The maximum atomic E-state index is 6.57. The topological polar surface area (TPSA) is 55.4 Å². The van der Waals surface area contributed by atoms with Crippen LogP contribution in [0.15, 0.2) is 24.3 Å². The molecule has 0 aliphatic heterocycles. The lowest BCUT2D eigenvalue weighted by Gasteiger charge is -2.42. The average molecular weight is 715 g/mol. The van der Waals surface area contributed by atoms with Crippen LogP contribution in [0.3, 0.4) is 0 Å². The SMILES string of the molecule is CC(C)[Si](OCCOCCOCc1ccc(-c2ccc(COCCOCCO[Si](C(C)C)(C(C)C)C(C)C)s2)s1)(C(C)C)C(C)C. The van der Waals surface area contributed by atoms with Crippen LogP contribution < -0.4 is 0 Å². The van der Waals surface area contributed by atoms with Crippen molar-refractivity contribution >= 4 is 39.3 Å². The minimum atomic E-state index is -1.82. The normalized spacial score (nSPS) is 13.2. The van der Waals surface area contributed by atoms with Gasteiger partial charge in [-0.3, -0.25) is 0 Å². The first-order valence-electron chi connectivity index (χ1n) is 17.6. The van der Waals surface area contributed by atoms with Gasteiger partial charge in [0.15, 0.2) is 16.6 Å². The van der Waals surface area contributed by atoms with E-state index < -0.39 is 16.6 Å². The van der Waals surface area contributed by atoms with Gasteiger partial charge in [0.1, 0.15) is 0 Å². The van der Waals surface area contributed by atoms with Gasteiger partial charge in [-0.2, -0.15) is 0 Å². The molecule has 46 heavy (non-hydrogen) atoms. The van der Waals surface area contributed by atoms with Gasteiger partial charge in [-0.15, -0.1) is 22.7 Å². The molecule has 6 nitrogen and oxygen atoms in total. The lowest BCUT2D eigenvalue weighted by Crippen LogP contribution is -2.48. The summed E-state index contributed by atoms with van der Waals surface area (Å²) in [5.74, 6) is 0. The molecule has 0 aliphatic carbocycles. The van der Waals surface area contributed by atoms with E-state index in [4.69, 9.17) is 27.8 Å². The van der Waals surface area contributed by atoms with Crippen molar-refractivity contribution in [2.75, 3.05) is 52.9 Å². The molecule has 0 spiro atoms. The van der Waals surface area contributed by atoms with Gasteiger partial charge in [0.05, 0.1) is 66.1 Å². The van der Waals surface area contributed by atoms with Crippen molar-refractivity contribution in [2.24, 2.45) is 0 Å². The van der Waals surface area contributed by atoms with Gasteiger partial charge < -0.3 is 27.8 Å². The average Bonchev–Trinajstić information content (AvgIpc) is 3.64. The molecule has 0 fully saturated rings. The monoisotopic (exact) mass is 714 g/mol. The summed E-state index contributed by atoms with van der Waals surface area (Å²) in [4.78, 5) is 4.98. The summed E-state index contributed by atoms with van der Waals surface area (Å²) < 4.78 is 36.6. The zero-order valence-corrected chi connectivity index (χ0v) is 34.7. The standard InChI is InChI=1S/C36H66O6S2Si2/c1-27(2)45(28(3)4,29(5)6)41-23-21-37-17-19-39-25-33-13-15-35(43-33)36-16-14-34(44-36)26-40-20-18-38-22-24-42-46(30(7)8,31(9)10)32(11)12/h13-16,27-32H,17-26H2,1-12H3. The highest BCUT2D eigenvalue weighted by atomic mass is 32.1. The maximum Gasteiger partial charge on any atom is 0.200 e. The van der Waals surface area contributed by atoms with Gasteiger partial charge in [0, 0.05) is 19.5 Å². The second kappa shape index (κ2) is 21.0. The number of thiophene rings is 2. The van der Waals surface area contributed by atoms with Gasteiger partial charge in [0.25, 0.3) is 0 Å². The fraction of sp³-hybridized carbons (Fsp3) is 0.778. The first kappa shape index (κ1) is 41.8. The lowest BCUT2D eigenvalue weighted by atomic mass is 10.3. The fourth-order valence-electron chi connectivity index (χ4n) is 7.52. The van der Waals surface area contributed by atoms with Crippen LogP contribution in [0.25, 0.3) is 9.75 Å². The van der Waals surface area contributed by atoms with Gasteiger partial charge in [0.2, 0.25) is 0 Å². The Bertz CT molecular complexity index is 954. The van der Waals surface area contributed by atoms with Gasteiger partial charge in [-0.05, 0) is 57.5 Å². The summed E-state index contributed by atoms with van der Waals surface area (Å²) in [7, 11) is -3.65. The molecule has 0 unspecified atom stereocenters. The summed E-state index contributed by atoms with van der Waals surface area (Å²) in [6.07, 6.45) is 0. The Morgan fingerprint density at radius 2 is 0.696 bits per heavy atom. The van der Waals surface area contributed by atoms with Crippen molar-refractivity contribution in [1.82, 2.24) is 0 Å². The van der Waals surface area contributed by atoms with Crippen molar-refractivity contribution in [3.63, 3.8) is 0 Å². The molecule has 0 aromatic carbocycles. The summed E-state index contributed by atoms with van der Waals surface area (Å²) in [5.41, 5.74) is 3.55. The highest BCUT2D eigenvalue weighted by molar-refractivity contribution is 7.22. The van der Waals surface area contributed by atoms with Gasteiger partial charge in [-0.25, -0.2) is 0 Å². The smallest absolute Gasteiger partial charge is 0.200 e. The first-order valence-corrected chi connectivity index (χ1v) is 23.5. The van der Waals surface area contributed by atoms with E-state index in [1.54, 1.807) is 22.7 Å². The maximum absolute atomic E-state index is 6.57. The molecule has 0 radical (unpaired) electrons. The molecule has 0 aliphatic rings. The van der Waals surface area contributed by atoms with Crippen molar-refractivity contribution in [1.29, 1.82) is 0 Å². The van der Waals surface area contributed by atoms with E-state index in [0.717, 1.165) is 0 Å².